The summed E-state index contributed by atoms with van der Waals surface area (Å²) in [5, 5.41) is 11.3. The second-order valence-electron chi connectivity index (χ2n) is 8.49. The number of thiazole rings is 1. The summed E-state index contributed by atoms with van der Waals surface area (Å²) in [5.74, 6) is -0.665. The molecule has 5 heterocycles. The summed E-state index contributed by atoms with van der Waals surface area (Å²) in [5.41, 5.74) is 4.45. The average molecular weight is 498 g/mol. The van der Waals surface area contributed by atoms with E-state index in [-0.39, 0.29) is 11.9 Å². The van der Waals surface area contributed by atoms with E-state index in [0.717, 1.165) is 27.2 Å². The highest BCUT2D eigenvalue weighted by atomic mass is 32.1. The van der Waals surface area contributed by atoms with Gasteiger partial charge in [-0.3, -0.25) is 14.5 Å². The highest BCUT2D eigenvalue weighted by molar-refractivity contribution is 7.09. The molecule has 0 spiro atoms. The monoisotopic (exact) mass is 497 g/mol. The van der Waals surface area contributed by atoms with Gasteiger partial charge in [0.2, 0.25) is 0 Å². The van der Waals surface area contributed by atoms with Crippen molar-refractivity contribution in [1.82, 2.24) is 35.0 Å². The van der Waals surface area contributed by atoms with Crippen LogP contribution < -0.4 is 5.32 Å². The summed E-state index contributed by atoms with van der Waals surface area (Å²) < 4.78 is 16.9. The van der Waals surface area contributed by atoms with Crippen LogP contribution in [-0.2, 0) is 7.05 Å². The van der Waals surface area contributed by atoms with Crippen molar-refractivity contribution in [3.8, 4) is 22.4 Å². The molecule has 1 atom stereocenters. The van der Waals surface area contributed by atoms with Gasteiger partial charge in [0.15, 0.2) is 0 Å². The van der Waals surface area contributed by atoms with Gasteiger partial charge in [-0.15, -0.1) is 11.3 Å². The lowest BCUT2D eigenvalue weighted by Gasteiger charge is -2.12. The van der Waals surface area contributed by atoms with Crippen molar-refractivity contribution in [3.05, 3.63) is 83.1 Å². The molecule has 0 bridgehead atoms. The topological polar surface area (TPSA) is 101 Å². The number of benzene rings is 1. The number of nitrogens with one attached hydrogen (secondary N) is 2. The minimum atomic E-state index is -0.447. The molecule has 1 aromatic carbocycles. The number of fused-ring (bicyclic) bond motifs is 3. The van der Waals surface area contributed by atoms with E-state index in [1.54, 1.807) is 47.5 Å². The Morgan fingerprint density at radius 1 is 1.11 bits per heavy atom. The van der Waals surface area contributed by atoms with E-state index in [4.69, 9.17) is 0 Å². The molecule has 5 aromatic heterocycles. The number of carbonyl (C=O) groups is 1. The van der Waals surface area contributed by atoms with Crippen molar-refractivity contribution in [3.63, 3.8) is 0 Å². The number of pyridine rings is 2. The van der Waals surface area contributed by atoms with Crippen molar-refractivity contribution in [2.24, 2.45) is 7.05 Å². The Hall–Kier alpha value is -4.44. The lowest BCUT2D eigenvalue weighted by atomic mass is 9.99. The quantitative estimate of drug-likeness (QED) is 0.338. The number of halogens is 1. The van der Waals surface area contributed by atoms with Gasteiger partial charge in [0.25, 0.3) is 5.91 Å². The molecular formula is C26H20FN7OS. The zero-order chi connectivity index (χ0) is 24.8. The minimum absolute atomic E-state index is 0.205. The first-order valence-electron chi connectivity index (χ1n) is 11.2. The predicted molar refractivity (Wildman–Crippen MR) is 137 cm³/mol. The Labute approximate surface area is 208 Å². The summed E-state index contributed by atoms with van der Waals surface area (Å²) >= 11 is 1.49. The smallest absolute Gasteiger partial charge is 0.251 e. The fourth-order valence-corrected chi connectivity index (χ4v) is 4.95. The van der Waals surface area contributed by atoms with Gasteiger partial charge in [-0.25, -0.2) is 14.4 Å². The Balaban J connectivity index is 1.40. The van der Waals surface area contributed by atoms with Crippen molar-refractivity contribution >= 4 is 39.2 Å². The van der Waals surface area contributed by atoms with Gasteiger partial charge in [-0.1, -0.05) is 12.1 Å². The average Bonchev–Trinajstić information content (AvgIpc) is 3.64. The lowest BCUT2D eigenvalue weighted by Crippen LogP contribution is -2.26. The number of aryl methyl sites for hydroxylation is 1. The first-order valence-corrected chi connectivity index (χ1v) is 12.1. The van der Waals surface area contributed by atoms with E-state index < -0.39 is 5.82 Å². The number of amides is 1. The van der Waals surface area contributed by atoms with Crippen LogP contribution in [0.4, 0.5) is 4.39 Å². The van der Waals surface area contributed by atoms with Crippen LogP contribution in [0, 0.1) is 5.82 Å². The first kappa shape index (κ1) is 22.1. The zero-order valence-corrected chi connectivity index (χ0v) is 20.2. The van der Waals surface area contributed by atoms with Crippen molar-refractivity contribution < 1.29 is 9.18 Å². The van der Waals surface area contributed by atoms with Gasteiger partial charge >= 0.3 is 0 Å². The molecule has 6 rings (SSSR count). The molecule has 2 N–H and O–H groups in total. The fraction of sp³-hybridized carbons (Fsp3) is 0.115. The number of aromatic nitrogens is 6. The van der Waals surface area contributed by atoms with E-state index in [0.29, 0.717) is 27.7 Å². The molecule has 10 heteroatoms. The maximum atomic E-state index is 15.2. The van der Waals surface area contributed by atoms with Gasteiger partial charge in [-0.2, -0.15) is 5.10 Å². The van der Waals surface area contributed by atoms with Crippen LogP contribution >= 0.6 is 11.3 Å². The Kier molecular flexibility index (Phi) is 5.30. The van der Waals surface area contributed by atoms with Crippen LogP contribution in [0.5, 0.6) is 0 Å². The van der Waals surface area contributed by atoms with Gasteiger partial charge < -0.3 is 10.3 Å². The van der Waals surface area contributed by atoms with Crippen molar-refractivity contribution in [2.75, 3.05) is 0 Å². The summed E-state index contributed by atoms with van der Waals surface area (Å²) in [6.07, 6.45) is 8.25. The highest BCUT2D eigenvalue weighted by Gasteiger charge is 2.19. The number of H-pyrrole nitrogens is 1. The highest BCUT2D eigenvalue weighted by Crippen LogP contribution is 2.36. The molecule has 0 fully saturated rings. The zero-order valence-electron chi connectivity index (χ0n) is 19.4. The fourth-order valence-electron chi connectivity index (χ4n) is 4.31. The van der Waals surface area contributed by atoms with E-state index in [9.17, 15) is 4.79 Å². The van der Waals surface area contributed by atoms with Crippen LogP contribution in [0.2, 0.25) is 0 Å². The van der Waals surface area contributed by atoms with Gasteiger partial charge in [0.05, 0.1) is 35.8 Å². The molecule has 0 aliphatic carbocycles. The number of hydrogen-bond donors (Lipinski definition) is 2. The Bertz CT molecular complexity index is 1720. The minimum Gasteiger partial charge on any atom is -0.343 e. The van der Waals surface area contributed by atoms with E-state index >= 15 is 4.39 Å². The maximum absolute atomic E-state index is 15.2. The Morgan fingerprint density at radius 3 is 2.67 bits per heavy atom. The first-order chi connectivity index (χ1) is 17.5. The van der Waals surface area contributed by atoms with E-state index in [1.165, 1.54) is 17.5 Å². The summed E-state index contributed by atoms with van der Waals surface area (Å²) in [6, 6.07) is 8.61. The predicted octanol–water partition coefficient (Wildman–Crippen LogP) is 5.27. The van der Waals surface area contributed by atoms with Crippen LogP contribution in [0.15, 0.2) is 66.7 Å². The largest absolute Gasteiger partial charge is 0.343 e. The van der Waals surface area contributed by atoms with Gasteiger partial charge in [0, 0.05) is 52.3 Å². The van der Waals surface area contributed by atoms with Crippen molar-refractivity contribution in [2.45, 2.75) is 13.0 Å². The normalized spacial score (nSPS) is 12.3. The van der Waals surface area contributed by atoms with Gasteiger partial charge in [0.1, 0.15) is 16.5 Å². The van der Waals surface area contributed by atoms with Crippen LogP contribution in [-0.4, -0.2) is 35.6 Å². The SMILES string of the molecule is CC(NC(=O)c1ccc(-c2c(F)cnc3[nH]c4cnc(-c5cnn(C)c5)cc4c23)cc1)c1nccs1. The molecular weight excluding hydrogens is 477 g/mol. The number of rotatable bonds is 5. The summed E-state index contributed by atoms with van der Waals surface area (Å²) in [7, 11) is 1.84. The maximum Gasteiger partial charge on any atom is 0.251 e. The number of carbonyl (C=O) groups excluding carboxylic acids is 1. The summed E-state index contributed by atoms with van der Waals surface area (Å²) in [4.78, 5) is 29.0. The third-order valence-corrected chi connectivity index (χ3v) is 7.02. The summed E-state index contributed by atoms with van der Waals surface area (Å²) in [6.45, 7) is 1.89. The number of aromatic amines is 1. The van der Waals surface area contributed by atoms with Crippen LogP contribution in [0.3, 0.4) is 0 Å². The third-order valence-electron chi connectivity index (χ3n) is 6.06. The molecule has 178 valence electrons. The number of nitrogens with zero attached hydrogens (tertiary/aromatic N) is 5. The van der Waals surface area contributed by atoms with Crippen molar-refractivity contribution in [1.29, 1.82) is 0 Å². The standard InChI is InChI=1S/C26H20FN7OS/c1-14(26-28-7-8-36-26)32-25(35)16-5-3-15(4-6-16)22-19(27)11-30-24-23(22)18-9-20(29-12-21(18)33-24)17-10-31-34(2)13-17/h3-14H,1-2H3,(H,30,33)(H,32,35). The molecule has 6 aromatic rings. The molecule has 0 saturated carbocycles. The van der Waals surface area contributed by atoms with Crippen LogP contribution in [0.25, 0.3) is 44.3 Å². The van der Waals surface area contributed by atoms with Gasteiger partial charge in [-0.05, 0) is 30.7 Å². The second kappa shape index (κ2) is 8.65. The third kappa shape index (κ3) is 3.81. The molecule has 1 unspecified atom stereocenters. The molecule has 36 heavy (non-hydrogen) atoms. The Morgan fingerprint density at radius 2 is 1.94 bits per heavy atom. The lowest BCUT2D eigenvalue weighted by molar-refractivity contribution is 0.0940. The number of hydrogen-bond acceptors (Lipinski definition) is 6. The van der Waals surface area contributed by atoms with Crippen LogP contribution in [0.1, 0.15) is 28.3 Å². The molecule has 0 saturated heterocycles. The second-order valence-corrected chi connectivity index (χ2v) is 9.42. The van der Waals surface area contributed by atoms with E-state index in [2.05, 4.69) is 30.4 Å². The molecule has 0 aliphatic heterocycles. The molecule has 0 aliphatic rings. The molecule has 0 radical (unpaired) electrons. The molecule has 1 amide bonds. The molecule has 8 nitrogen and oxygen atoms in total. The van der Waals surface area contributed by atoms with E-state index in [1.807, 2.05) is 31.6 Å².